The second kappa shape index (κ2) is 8.53. The average molecular weight is 539 g/mol. The second-order valence-electron chi connectivity index (χ2n) is 12.3. The van der Waals surface area contributed by atoms with Crippen molar-refractivity contribution in [1.29, 1.82) is 0 Å². The number of hydrogen-bond donors (Lipinski definition) is 0. The summed E-state index contributed by atoms with van der Waals surface area (Å²) in [6, 6.07) is 36.4. The molecule has 200 valence electrons. The smallest absolute Gasteiger partial charge is 0.0852 e. The number of benzene rings is 5. The summed E-state index contributed by atoms with van der Waals surface area (Å²) >= 11 is 0. The molecule has 0 N–H and O–H groups in total. The fourth-order valence-electron chi connectivity index (χ4n) is 7.78. The second-order valence-corrected chi connectivity index (χ2v) is 12.3. The summed E-state index contributed by atoms with van der Waals surface area (Å²) in [6.07, 6.45) is 12.9. The molecule has 1 aromatic heterocycles. The first kappa shape index (κ1) is 23.7. The van der Waals surface area contributed by atoms with E-state index in [9.17, 15) is 0 Å². The molecule has 0 bridgehead atoms. The highest BCUT2D eigenvalue weighted by atomic mass is 15.0. The van der Waals surface area contributed by atoms with Gasteiger partial charge in [0.2, 0.25) is 0 Å². The molecule has 0 amide bonds. The normalized spacial score (nSPS) is 19.7. The standard InChI is InChI=1S/C40H30N2/c1-40(2)33-16-5-3-14-31(33)37-36-27(11-8-17-34(36)40)24-32-30-13-4-6-18-35(30)42(39(32)37)28-21-19-25(20-22-28)29-15-7-10-26-12-9-23-41-38(26)29/h3-24,26,38H,1-2H3. The molecule has 2 atom stereocenters. The van der Waals surface area contributed by atoms with E-state index in [4.69, 9.17) is 4.99 Å². The summed E-state index contributed by atoms with van der Waals surface area (Å²) in [6.45, 7) is 4.74. The van der Waals surface area contributed by atoms with Gasteiger partial charge in [-0.15, -0.1) is 0 Å². The molecule has 2 nitrogen and oxygen atoms in total. The van der Waals surface area contributed by atoms with Crippen LogP contribution < -0.4 is 0 Å². The molecule has 2 heteroatoms. The van der Waals surface area contributed by atoms with Crippen molar-refractivity contribution in [2.75, 3.05) is 0 Å². The van der Waals surface area contributed by atoms with Gasteiger partial charge in [0, 0.05) is 39.6 Å². The minimum absolute atomic E-state index is 0.0773. The molecule has 2 unspecified atom stereocenters. The highest BCUT2D eigenvalue weighted by Crippen LogP contribution is 2.52. The SMILES string of the molecule is CC1(C)c2ccccc2-c2c3c1cccc3cc1c3ccccc3n(-c3ccc(C4=CC=CC5C=CC=NC45)cc3)c21. The van der Waals surface area contributed by atoms with Crippen LogP contribution in [0.5, 0.6) is 0 Å². The molecule has 2 heterocycles. The molecule has 0 saturated carbocycles. The Kier molecular flexibility index (Phi) is 4.82. The molecule has 0 radical (unpaired) electrons. The number of allylic oxidation sites excluding steroid dienone is 3. The first-order valence-electron chi connectivity index (χ1n) is 14.9. The van der Waals surface area contributed by atoms with Gasteiger partial charge in [-0.2, -0.15) is 0 Å². The molecule has 9 rings (SSSR count). The minimum Gasteiger partial charge on any atom is -0.309 e. The zero-order chi connectivity index (χ0) is 28.0. The third kappa shape index (κ3) is 3.12. The maximum Gasteiger partial charge on any atom is 0.0852 e. The summed E-state index contributed by atoms with van der Waals surface area (Å²) in [7, 11) is 0. The van der Waals surface area contributed by atoms with E-state index in [1.807, 2.05) is 6.21 Å². The van der Waals surface area contributed by atoms with Crippen molar-refractivity contribution in [3.05, 3.63) is 144 Å². The van der Waals surface area contributed by atoms with Crippen molar-refractivity contribution in [1.82, 2.24) is 4.57 Å². The van der Waals surface area contributed by atoms with Gasteiger partial charge in [0.05, 0.1) is 17.1 Å². The first-order valence-corrected chi connectivity index (χ1v) is 14.9. The van der Waals surface area contributed by atoms with E-state index in [2.05, 4.69) is 146 Å². The molecule has 3 aliphatic rings. The Morgan fingerprint density at radius 2 is 1.52 bits per heavy atom. The van der Waals surface area contributed by atoms with Crippen molar-refractivity contribution in [2.45, 2.75) is 25.3 Å². The highest BCUT2D eigenvalue weighted by Gasteiger charge is 2.35. The van der Waals surface area contributed by atoms with Crippen LogP contribution in [0.4, 0.5) is 0 Å². The van der Waals surface area contributed by atoms with Gasteiger partial charge >= 0.3 is 0 Å². The number of rotatable bonds is 2. The lowest BCUT2D eigenvalue weighted by molar-refractivity contribution is 0.645. The van der Waals surface area contributed by atoms with Gasteiger partial charge in [-0.1, -0.05) is 111 Å². The maximum atomic E-state index is 4.83. The zero-order valence-corrected chi connectivity index (χ0v) is 23.8. The van der Waals surface area contributed by atoms with Gasteiger partial charge in [-0.25, -0.2) is 0 Å². The Balaban J connectivity index is 1.34. The first-order chi connectivity index (χ1) is 20.6. The molecule has 6 aromatic rings. The summed E-state index contributed by atoms with van der Waals surface area (Å²) in [4.78, 5) is 4.83. The van der Waals surface area contributed by atoms with E-state index < -0.39 is 0 Å². The Morgan fingerprint density at radius 3 is 2.43 bits per heavy atom. The van der Waals surface area contributed by atoms with Crippen LogP contribution in [0.25, 0.3) is 55.0 Å². The van der Waals surface area contributed by atoms with E-state index in [0.29, 0.717) is 5.92 Å². The highest BCUT2D eigenvalue weighted by molar-refractivity contribution is 6.23. The summed E-state index contributed by atoms with van der Waals surface area (Å²) in [5, 5.41) is 5.27. The number of aromatic nitrogens is 1. The Bertz CT molecular complexity index is 2220. The molecule has 5 aromatic carbocycles. The van der Waals surface area contributed by atoms with E-state index in [1.165, 1.54) is 71.7 Å². The topological polar surface area (TPSA) is 17.3 Å². The number of para-hydroxylation sites is 1. The number of dihydropyridines is 1. The summed E-state index contributed by atoms with van der Waals surface area (Å²) in [5.74, 6) is 0.326. The van der Waals surface area contributed by atoms with Crippen LogP contribution in [0.15, 0.2) is 132 Å². The van der Waals surface area contributed by atoms with Crippen LogP contribution in [0.1, 0.15) is 30.5 Å². The summed E-state index contributed by atoms with van der Waals surface area (Å²) < 4.78 is 2.49. The fraction of sp³-hybridized carbons (Fsp3) is 0.125. The molecule has 2 aliphatic carbocycles. The minimum atomic E-state index is -0.0773. The number of aliphatic imine (C=N–C) groups is 1. The van der Waals surface area contributed by atoms with Crippen LogP contribution in [0.2, 0.25) is 0 Å². The van der Waals surface area contributed by atoms with E-state index in [1.54, 1.807) is 0 Å². The number of hydrogen-bond acceptors (Lipinski definition) is 1. The molecular formula is C40H30N2. The molecule has 0 spiro atoms. The van der Waals surface area contributed by atoms with Crippen molar-refractivity contribution < 1.29 is 0 Å². The fourth-order valence-corrected chi connectivity index (χ4v) is 7.78. The lowest BCUT2D eigenvalue weighted by atomic mass is 9.68. The monoisotopic (exact) mass is 538 g/mol. The van der Waals surface area contributed by atoms with Crippen molar-refractivity contribution in [3.63, 3.8) is 0 Å². The number of nitrogens with zero attached hydrogens (tertiary/aromatic N) is 2. The Morgan fingerprint density at radius 1 is 0.738 bits per heavy atom. The zero-order valence-electron chi connectivity index (χ0n) is 23.8. The third-order valence-electron chi connectivity index (χ3n) is 9.76. The van der Waals surface area contributed by atoms with Crippen LogP contribution in [0.3, 0.4) is 0 Å². The molecule has 0 saturated heterocycles. The van der Waals surface area contributed by atoms with Crippen LogP contribution in [-0.2, 0) is 5.41 Å². The van der Waals surface area contributed by atoms with Gasteiger partial charge in [0.1, 0.15) is 0 Å². The van der Waals surface area contributed by atoms with Gasteiger partial charge in [-0.05, 0) is 68.9 Å². The Hall–Kier alpha value is -4.95. The Labute approximate surface area is 245 Å². The quantitative estimate of drug-likeness (QED) is 0.209. The van der Waals surface area contributed by atoms with Crippen molar-refractivity contribution in [3.8, 4) is 16.8 Å². The van der Waals surface area contributed by atoms with Gasteiger partial charge in [0.15, 0.2) is 0 Å². The summed E-state index contributed by atoms with van der Waals surface area (Å²) in [5.41, 5.74) is 11.6. The lowest BCUT2D eigenvalue weighted by Crippen LogP contribution is -2.23. The van der Waals surface area contributed by atoms with Gasteiger partial charge in [-0.3, -0.25) is 4.99 Å². The van der Waals surface area contributed by atoms with E-state index in [0.717, 1.165) is 0 Å². The largest absolute Gasteiger partial charge is 0.309 e. The van der Waals surface area contributed by atoms with E-state index >= 15 is 0 Å². The lowest BCUT2D eigenvalue weighted by Gasteiger charge is -2.35. The molecule has 1 aliphatic heterocycles. The third-order valence-corrected chi connectivity index (χ3v) is 9.76. The van der Waals surface area contributed by atoms with E-state index in [-0.39, 0.29) is 11.5 Å². The van der Waals surface area contributed by atoms with Crippen molar-refractivity contribution >= 4 is 44.4 Å². The predicted octanol–water partition coefficient (Wildman–Crippen LogP) is 9.82. The molecular weight excluding hydrogens is 508 g/mol. The van der Waals surface area contributed by atoms with Crippen LogP contribution in [0, 0.1) is 5.92 Å². The van der Waals surface area contributed by atoms with Crippen molar-refractivity contribution in [2.24, 2.45) is 10.9 Å². The van der Waals surface area contributed by atoms with Crippen LogP contribution in [-0.4, -0.2) is 16.8 Å². The molecule has 42 heavy (non-hydrogen) atoms. The van der Waals surface area contributed by atoms with Crippen LogP contribution >= 0.6 is 0 Å². The maximum absolute atomic E-state index is 4.83. The van der Waals surface area contributed by atoms with Gasteiger partial charge in [0.25, 0.3) is 0 Å². The number of fused-ring (bicyclic) bond motifs is 7. The molecule has 0 fully saturated rings. The average Bonchev–Trinajstić information content (AvgIpc) is 3.37. The predicted molar refractivity (Wildman–Crippen MR) is 178 cm³/mol. The van der Waals surface area contributed by atoms with Gasteiger partial charge < -0.3 is 4.57 Å².